The molecule has 1 saturated carbocycles. The van der Waals surface area contributed by atoms with Gasteiger partial charge >= 0.3 is 0 Å². The zero-order chi connectivity index (χ0) is 17.0. The van der Waals surface area contributed by atoms with Gasteiger partial charge in [-0.15, -0.1) is 24.0 Å². The maximum atomic E-state index is 12.0. The van der Waals surface area contributed by atoms with Crippen molar-refractivity contribution in [2.24, 2.45) is 4.99 Å². The molecule has 6 nitrogen and oxygen atoms in total. The molecule has 0 aliphatic heterocycles. The second-order valence-electron chi connectivity index (χ2n) is 6.10. The van der Waals surface area contributed by atoms with Crippen LogP contribution in [0.2, 0.25) is 0 Å². The summed E-state index contributed by atoms with van der Waals surface area (Å²) in [5, 5.41) is 9.50. The highest BCUT2D eigenvalue weighted by Crippen LogP contribution is 2.17. The van der Waals surface area contributed by atoms with E-state index in [2.05, 4.69) is 25.9 Å². The lowest BCUT2D eigenvalue weighted by atomic mass is 9.95. The molecule has 0 spiro atoms. The fourth-order valence-corrected chi connectivity index (χ4v) is 2.87. The Hall–Kier alpha value is -1.38. The van der Waals surface area contributed by atoms with Crippen LogP contribution in [0.25, 0.3) is 0 Å². The number of hydrogen-bond acceptors (Lipinski definition) is 3. The van der Waals surface area contributed by atoms with Crippen molar-refractivity contribution in [3.63, 3.8) is 0 Å². The van der Waals surface area contributed by atoms with Gasteiger partial charge in [-0.3, -0.25) is 9.78 Å². The maximum Gasteiger partial charge on any atom is 0.242 e. The number of halogens is 1. The molecule has 0 atom stereocenters. The minimum absolute atomic E-state index is 0. The van der Waals surface area contributed by atoms with Crippen LogP contribution < -0.4 is 16.0 Å². The molecule has 0 saturated heterocycles. The number of carbonyl (C=O) groups excluding carboxylic acids is 1. The largest absolute Gasteiger partial charge is 0.357 e. The third-order valence-corrected chi connectivity index (χ3v) is 4.10. The first kappa shape index (κ1) is 21.7. The van der Waals surface area contributed by atoms with E-state index in [0.717, 1.165) is 38.0 Å². The van der Waals surface area contributed by atoms with E-state index in [4.69, 9.17) is 0 Å². The molecule has 0 radical (unpaired) electrons. The molecule has 140 valence electrons. The van der Waals surface area contributed by atoms with Crippen LogP contribution in [-0.4, -0.2) is 42.5 Å². The van der Waals surface area contributed by atoms with Gasteiger partial charge in [0.1, 0.15) is 6.54 Å². The number of nitrogens with one attached hydrogen (secondary N) is 3. The molecule has 1 aromatic heterocycles. The standard InChI is InChI=1S/C18H29N5O.HI/c1-2-19-18(21-13-11-15-8-6-7-12-20-15)22-14-17(24)23-16-9-4-3-5-10-16;/h6-8,12,16H,2-5,9-11,13-14H2,1H3,(H,23,24)(H2,19,21,22);1H. The maximum absolute atomic E-state index is 12.0. The molecule has 1 heterocycles. The van der Waals surface area contributed by atoms with E-state index in [1.807, 2.05) is 25.1 Å². The number of aromatic nitrogens is 1. The highest BCUT2D eigenvalue weighted by atomic mass is 127. The van der Waals surface area contributed by atoms with Crippen molar-refractivity contribution in [1.82, 2.24) is 20.9 Å². The summed E-state index contributed by atoms with van der Waals surface area (Å²) in [7, 11) is 0. The van der Waals surface area contributed by atoms with E-state index in [1.54, 1.807) is 6.20 Å². The Bertz CT molecular complexity index is 517. The van der Waals surface area contributed by atoms with Crippen molar-refractivity contribution < 1.29 is 4.79 Å². The number of amides is 1. The van der Waals surface area contributed by atoms with Crippen LogP contribution in [0, 0.1) is 0 Å². The van der Waals surface area contributed by atoms with Crippen molar-refractivity contribution in [1.29, 1.82) is 0 Å². The Balaban J connectivity index is 0.00000312. The van der Waals surface area contributed by atoms with Gasteiger partial charge in [-0.2, -0.15) is 0 Å². The van der Waals surface area contributed by atoms with Crippen LogP contribution in [-0.2, 0) is 11.2 Å². The van der Waals surface area contributed by atoms with Crippen molar-refractivity contribution in [3.8, 4) is 0 Å². The number of aliphatic imine (C=N–C) groups is 1. The number of rotatable bonds is 7. The summed E-state index contributed by atoms with van der Waals surface area (Å²) < 4.78 is 0. The summed E-state index contributed by atoms with van der Waals surface area (Å²) in [4.78, 5) is 20.7. The lowest BCUT2D eigenvalue weighted by molar-refractivity contribution is -0.120. The molecule has 1 aliphatic carbocycles. The SMILES string of the molecule is CCNC(=NCC(=O)NC1CCCCC1)NCCc1ccccn1.I. The summed E-state index contributed by atoms with van der Waals surface area (Å²) in [5.41, 5.74) is 1.04. The normalized spacial score (nSPS) is 15.2. The van der Waals surface area contributed by atoms with E-state index in [9.17, 15) is 4.79 Å². The third kappa shape index (κ3) is 9.04. The van der Waals surface area contributed by atoms with Crippen LogP contribution in [0.15, 0.2) is 29.4 Å². The van der Waals surface area contributed by atoms with E-state index >= 15 is 0 Å². The second kappa shape index (κ2) is 12.9. The van der Waals surface area contributed by atoms with Crippen LogP contribution in [0.3, 0.4) is 0 Å². The second-order valence-corrected chi connectivity index (χ2v) is 6.10. The lowest BCUT2D eigenvalue weighted by Crippen LogP contribution is -2.41. The van der Waals surface area contributed by atoms with Gasteiger partial charge in [0.15, 0.2) is 5.96 Å². The Morgan fingerprint density at radius 1 is 1.24 bits per heavy atom. The fraction of sp³-hybridized carbons (Fsp3) is 0.611. The zero-order valence-electron chi connectivity index (χ0n) is 15.0. The minimum Gasteiger partial charge on any atom is -0.357 e. The zero-order valence-corrected chi connectivity index (χ0v) is 17.3. The first-order valence-corrected chi connectivity index (χ1v) is 8.99. The van der Waals surface area contributed by atoms with Gasteiger partial charge < -0.3 is 16.0 Å². The molecular formula is C18H30IN5O. The molecule has 25 heavy (non-hydrogen) atoms. The van der Waals surface area contributed by atoms with Crippen molar-refractivity contribution in [2.45, 2.75) is 51.5 Å². The Labute approximate surface area is 167 Å². The highest BCUT2D eigenvalue weighted by Gasteiger charge is 2.15. The van der Waals surface area contributed by atoms with Crippen LogP contribution >= 0.6 is 24.0 Å². The average molecular weight is 459 g/mol. The highest BCUT2D eigenvalue weighted by molar-refractivity contribution is 14.0. The monoisotopic (exact) mass is 459 g/mol. The smallest absolute Gasteiger partial charge is 0.242 e. The van der Waals surface area contributed by atoms with Crippen LogP contribution in [0.4, 0.5) is 0 Å². The summed E-state index contributed by atoms with van der Waals surface area (Å²) in [6.45, 7) is 3.67. The first-order chi connectivity index (χ1) is 11.8. The molecule has 3 N–H and O–H groups in total. The molecule has 1 amide bonds. The molecule has 0 bridgehead atoms. The predicted molar refractivity (Wildman–Crippen MR) is 112 cm³/mol. The summed E-state index contributed by atoms with van der Waals surface area (Å²) in [6, 6.07) is 6.23. The Kier molecular flexibility index (Phi) is 11.2. The number of nitrogens with zero attached hydrogens (tertiary/aromatic N) is 2. The van der Waals surface area contributed by atoms with Gasteiger partial charge in [-0.05, 0) is 31.9 Å². The van der Waals surface area contributed by atoms with Gasteiger partial charge in [-0.25, -0.2) is 4.99 Å². The van der Waals surface area contributed by atoms with Gasteiger partial charge in [0.25, 0.3) is 0 Å². The predicted octanol–water partition coefficient (Wildman–Crippen LogP) is 2.25. The van der Waals surface area contributed by atoms with Gasteiger partial charge in [-0.1, -0.05) is 25.3 Å². The lowest BCUT2D eigenvalue weighted by Gasteiger charge is -2.22. The molecule has 1 aromatic rings. The van der Waals surface area contributed by atoms with Gasteiger partial charge in [0, 0.05) is 37.4 Å². The quantitative estimate of drug-likeness (QED) is 0.332. The average Bonchev–Trinajstić information content (AvgIpc) is 2.61. The molecule has 2 rings (SSSR count). The Morgan fingerprint density at radius 3 is 2.72 bits per heavy atom. The fourth-order valence-electron chi connectivity index (χ4n) is 2.87. The topological polar surface area (TPSA) is 78.4 Å². The number of pyridine rings is 1. The number of carbonyl (C=O) groups is 1. The summed E-state index contributed by atoms with van der Waals surface area (Å²) >= 11 is 0. The van der Waals surface area contributed by atoms with E-state index < -0.39 is 0 Å². The van der Waals surface area contributed by atoms with Gasteiger partial charge in [0.05, 0.1) is 0 Å². The molecule has 1 fully saturated rings. The number of hydrogen-bond donors (Lipinski definition) is 3. The molecule has 0 aromatic carbocycles. The summed E-state index contributed by atoms with van der Waals surface area (Å²) in [5.74, 6) is 0.677. The number of guanidine groups is 1. The third-order valence-electron chi connectivity index (χ3n) is 4.10. The molecule has 1 aliphatic rings. The Morgan fingerprint density at radius 2 is 2.04 bits per heavy atom. The van der Waals surface area contributed by atoms with E-state index in [-0.39, 0.29) is 36.4 Å². The van der Waals surface area contributed by atoms with Crippen LogP contribution in [0.1, 0.15) is 44.7 Å². The van der Waals surface area contributed by atoms with Gasteiger partial charge in [0.2, 0.25) is 5.91 Å². The molecule has 0 unspecified atom stereocenters. The van der Waals surface area contributed by atoms with Crippen molar-refractivity contribution in [2.75, 3.05) is 19.6 Å². The van der Waals surface area contributed by atoms with Crippen molar-refractivity contribution >= 4 is 35.8 Å². The van der Waals surface area contributed by atoms with E-state index in [0.29, 0.717) is 12.0 Å². The first-order valence-electron chi connectivity index (χ1n) is 8.99. The van der Waals surface area contributed by atoms with Crippen molar-refractivity contribution in [3.05, 3.63) is 30.1 Å². The summed E-state index contributed by atoms with van der Waals surface area (Å²) in [6.07, 6.45) is 8.52. The molecular weight excluding hydrogens is 429 g/mol. The van der Waals surface area contributed by atoms with E-state index in [1.165, 1.54) is 19.3 Å². The minimum atomic E-state index is 0. The molecule has 7 heteroatoms. The van der Waals surface area contributed by atoms with Crippen LogP contribution in [0.5, 0.6) is 0 Å².